The number of rotatable bonds is 10. The summed E-state index contributed by atoms with van der Waals surface area (Å²) in [7, 11) is -2.21. The van der Waals surface area contributed by atoms with Crippen LogP contribution in [0.25, 0.3) is 22.4 Å². The third kappa shape index (κ3) is 7.21. The molecule has 0 unspecified atom stereocenters. The normalized spacial score (nSPS) is 11.0. The second-order valence-electron chi connectivity index (χ2n) is 9.25. The van der Waals surface area contributed by atoms with E-state index in [9.17, 15) is 18.5 Å². The van der Waals surface area contributed by atoms with Gasteiger partial charge in [-0.1, -0.05) is 41.6 Å². The zero-order valence-corrected chi connectivity index (χ0v) is 25.5. The Hall–Kier alpha value is -4.70. The third-order valence-electron chi connectivity index (χ3n) is 6.29. The predicted octanol–water partition coefficient (Wildman–Crippen LogP) is 6.59. The second-order valence-corrected chi connectivity index (χ2v) is 12.8. The number of carbonyl (C=O) groups excluding carboxylic acids is 1. The fourth-order valence-electron chi connectivity index (χ4n) is 4.10. The minimum absolute atomic E-state index is 0.0211. The summed E-state index contributed by atoms with van der Waals surface area (Å²) in [6, 6.07) is 25.3. The van der Waals surface area contributed by atoms with Crippen molar-refractivity contribution < 1.29 is 17.9 Å². The van der Waals surface area contributed by atoms with Crippen LogP contribution in [0.4, 0.5) is 10.8 Å². The van der Waals surface area contributed by atoms with Gasteiger partial charge in [0, 0.05) is 28.4 Å². The van der Waals surface area contributed by atoms with Crippen LogP contribution in [0.2, 0.25) is 0 Å². The smallest absolute Gasteiger partial charge is 0.263 e. The minimum atomic E-state index is -3.81. The summed E-state index contributed by atoms with van der Waals surface area (Å²) in [5, 5.41) is 15.3. The van der Waals surface area contributed by atoms with Crippen molar-refractivity contribution >= 4 is 49.8 Å². The topological polar surface area (TPSA) is 134 Å². The number of pyridine rings is 1. The predicted molar refractivity (Wildman–Crippen MR) is 170 cm³/mol. The Morgan fingerprint density at radius 3 is 2.35 bits per heavy atom. The molecule has 0 atom stereocenters. The molecule has 9 nitrogen and oxygen atoms in total. The summed E-state index contributed by atoms with van der Waals surface area (Å²) in [6.07, 6.45) is 1.51. The molecule has 5 rings (SSSR count). The molecule has 5 aromatic rings. The van der Waals surface area contributed by atoms with Gasteiger partial charge in [-0.25, -0.2) is 18.4 Å². The molecule has 0 radical (unpaired) electrons. The minimum Gasteiger partial charge on any atom is -0.497 e. The fourth-order valence-corrected chi connectivity index (χ4v) is 6.69. The molecule has 1 amide bonds. The van der Waals surface area contributed by atoms with E-state index in [4.69, 9.17) is 9.72 Å². The number of thiazole rings is 1. The number of aromatic nitrogens is 2. The monoisotopic (exact) mass is 627 g/mol. The average molecular weight is 628 g/mol. The molecular formula is C31H25N5O4S3. The molecule has 0 saturated heterocycles. The van der Waals surface area contributed by atoms with Crippen molar-refractivity contribution in [2.24, 2.45) is 0 Å². The molecular weight excluding hydrogens is 603 g/mol. The maximum Gasteiger partial charge on any atom is 0.263 e. The highest BCUT2D eigenvalue weighted by Gasteiger charge is 2.18. The zero-order chi connectivity index (χ0) is 30.4. The van der Waals surface area contributed by atoms with Crippen LogP contribution >= 0.6 is 23.1 Å². The van der Waals surface area contributed by atoms with E-state index in [0.717, 1.165) is 34.0 Å². The van der Waals surface area contributed by atoms with Crippen molar-refractivity contribution in [1.29, 1.82) is 5.26 Å². The number of hydrogen-bond donors (Lipinski definition) is 2. The number of nitrogens with zero attached hydrogens (tertiary/aromatic N) is 3. The van der Waals surface area contributed by atoms with Crippen LogP contribution in [0.15, 0.2) is 100 Å². The molecule has 0 aliphatic rings. The van der Waals surface area contributed by atoms with Crippen LogP contribution in [-0.4, -0.2) is 37.2 Å². The van der Waals surface area contributed by atoms with Crippen molar-refractivity contribution in [3.05, 3.63) is 102 Å². The highest BCUT2D eigenvalue weighted by atomic mass is 32.2. The van der Waals surface area contributed by atoms with E-state index in [2.05, 4.69) is 21.1 Å². The first kappa shape index (κ1) is 29.8. The number of thioether (sulfide) groups is 1. The number of carbonyl (C=O) groups is 1. The molecule has 0 spiro atoms. The van der Waals surface area contributed by atoms with Gasteiger partial charge in [0.15, 0.2) is 5.13 Å². The molecule has 3 aromatic carbocycles. The van der Waals surface area contributed by atoms with Crippen LogP contribution in [0.3, 0.4) is 0 Å². The van der Waals surface area contributed by atoms with E-state index in [1.807, 2.05) is 61.5 Å². The van der Waals surface area contributed by atoms with E-state index in [0.29, 0.717) is 27.7 Å². The number of benzene rings is 3. The quantitative estimate of drug-likeness (QED) is 0.166. The van der Waals surface area contributed by atoms with E-state index in [1.54, 1.807) is 12.5 Å². The average Bonchev–Trinajstić information content (AvgIpc) is 3.52. The van der Waals surface area contributed by atoms with Crippen LogP contribution in [-0.2, 0) is 14.8 Å². The summed E-state index contributed by atoms with van der Waals surface area (Å²) < 4.78 is 32.9. The van der Waals surface area contributed by atoms with Crippen molar-refractivity contribution in [2.75, 3.05) is 22.9 Å². The fraction of sp³-hybridized carbons (Fsp3) is 0.0968. The maximum absolute atomic E-state index is 12.9. The van der Waals surface area contributed by atoms with Gasteiger partial charge in [0.2, 0.25) is 5.91 Å². The van der Waals surface area contributed by atoms with Crippen molar-refractivity contribution in [3.63, 3.8) is 0 Å². The summed E-state index contributed by atoms with van der Waals surface area (Å²) >= 11 is 2.33. The molecule has 0 fully saturated rings. The first-order valence-corrected chi connectivity index (χ1v) is 16.2. The van der Waals surface area contributed by atoms with Gasteiger partial charge >= 0.3 is 0 Å². The number of methoxy groups -OCH3 is 1. The summed E-state index contributed by atoms with van der Waals surface area (Å²) in [5.41, 5.74) is 4.98. The summed E-state index contributed by atoms with van der Waals surface area (Å²) in [5.74, 6) is 0.356. The van der Waals surface area contributed by atoms with E-state index >= 15 is 0 Å². The zero-order valence-electron chi connectivity index (χ0n) is 23.1. The summed E-state index contributed by atoms with van der Waals surface area (Å²) in [6.45, 7) is 2.00. The lowest BCUT2D eigenvalue weighted by Gasteiger charge is -2.13. The van der Waals surface area contributed by atoms with Gasteiger partial charge in [-0.2, -0.15) is 5.26 Å². The van der Waals surface area contributed by atoms with Crippen molar-refractivity contribution in [3.8, 4) is 34.2 Å². The molecule has 0 saturated carbocycles. The molecule has 0 bridgehead atoms. The molecule has 2 heterocycles. The second kappa shape index (κ2) is 13.1. The van der Waals surface area contributed by atoms with Gasteiger partial charge in [-0.3, -0.25) is 9.52 Å². The molecule has 216 valence electrons. The Balaban J connectivity index is 1.36. The lowest BCUT2D eigenvalue weighted by atomic mass is 9.98. The molecule has 43 heavy (non-hydrogen) atoms. The summed E-state index contributed by atoms with van der Waals surface area (Å²) in [4.78, 5) is 21.6. The largest absolute Gasteiger partial charge is 0.497 e. The van der Waals surface area contributed by atoms with Crippen LogP contribution in [0.1, 0.15) is 11.1 Å². The number of hydrogen-bond acceptors (Lipinski definition) is 9. The van der Waals surface area contributed by atoms with Crippen LogP contribution < -0.4 is 14.8 Å². The Kier molecular flexibility index (Phi) is 9.06. The van der Waals surface area contributed by atoms with Crippen molar-refractivity contribution in [2.45, 2.75) is 16.8 Å². The van der Waals surface area contributed by atoms with Gasteiger partial charge < -0.3 is 10.1 Å². The number of nitrogens with one attached hydrogen (secondary N) is 2. The van der Waals surface area contributed by atoms with Crippen LogP contribution in [0, 0.1) is 18.3 Å². The number of nitriles is 1. The van der Waals surface area contributed by atoms with Crippen molar-refractivity contribution in [1.82, 2.24) is 9.97 Å². The van der Waals surface area contributed by atoms with E-state index in [1.165, 1.54) is 41.8 Å². The first-order chi connectivity index (χ1) is 20.8. The maximum atomic E-state index is 12.9. The van der Waals surface area contributed by atoms with Crippen LogP contribution in [0.5, 0.6) is 5.75 Å². The number of amides is 1. The highest BCUT2D eigenvalue weighted by molar-refractivity contribution is 8.00. The highest BCUT2D eigenvalue weighted by Crippen LogP contribution is 2.35. The van der Waals surface area contributed by atoms with E-state index < -0.39 is 10.0 Å². The number of aryl methyl sites for hydroxylation is 1. The Labute approximate surface area is 257 Å². The van der Waals surface area contributed by atoms with Gasteiger partial charge in [0.25, 0.3) is 10.0 Å². The van der Waals surface area contributed by atoms with Gasteiger partial charge in [-0.15, -0.1) is 11.3 Å². The number of ether oxygens (including phenoxy) is 1. The van der Waals surface area contributed by atoms with Gasteiger partial charge in [0.1, 0.15) is 16.8 Å². The molecule has 0 aliphatic heterocycles. The lowest BCUT2D eigenvalue weighted by Crippen LogP contribution is -2.15. The SMILES string of the molecule is COc1ccc(-c2cc(-c3ccc(C)cc3)c(C#N)c(SCC(=O)Nc3ccc(S(=O)(=O)Nc4nccs4)cc3)n2)cc1. The molecule has 12 heteroatoms. The molecule has 0 aliphatic carbocycles. The number of sulfonamides is 1. The first-order valence-electron chi connectivity index (χ1n) is 12.9. The van der Waals surface area contributed by atoms with Gasteiger partial charge in [0.05, 0.1) is 29.0 Å². The Morgan fingerprint density at radius 2 is 1.72 bits per heavy atom. The number of anilines is 2. The Bertz CT molecular complexity index is 1890. The molecule has 2 aromatic heterocycles. The Morgan fingerprint density at radius 1 is 1.02 bits per heavy atom. The molecule has 2 N–H and O–H groups in total. The lowest BCUT2D eigenvalue weighted by molar-refractivity contribution is -0.113. The third-order valence-corrected chi connectivity index (χ3v) is 9.44. The van der Waals surface area contributed by atoms with Gasteiger partial charge in [-0.05, 0) is 67.1 Å². The standard InChI is InChI=1S/C31H25N5O4S3/c1-20-3-5-21(6-4-20)26-17-28(22-7-11-24(40-2)12-8-22)35-30(27(26)18-32)42-19-29(37)34-23-9-13-25(14-10-23)43(38,39)36-31-33-15-16-41-31/h3-17H,19H2,1-2H3,(H,33,36)(H,34,37). The van der Waals surface area contributed by atoms with E-state index in [-0.39, 0.29) is 21.7 Å².